The van der Waals surface area contributed by atoms with Gasteiger partial charge in [-0.2, -0.15) is 0 Å². The van der Waals surface area contributed by atoms with Crippen molar-refractivity contribution in [1.82, 2.24) is 15.5 Å². The zero-order valence-corrected chi connectivity index (χ0v) is 8.28. The minimum absolute atomic E-state index is 0. The van der Waals surface area contributed by atoms with Gasteiger partial charge < -0.3 is 15.5 Å². The van der Waals surface area contributed by atoms with Gasteiger partial charge in [0.25, 0.3) is 0 Å². The molecule has 0 aromatic carbocycles. The number of rotatable bonds is 1. The maximum atomic E-state index is 11.1. The van der Waals surface area contributed by atoms with Gasteiger partial charge in [0.05, 0.1) is 0 Å². The van der Waals surface area contributed by atoms with E-state index < -0.39 is 0 Å². The number of carbonyl (C=O) groups is 1. The summed E-state index contributed by atoms with van der Waals surface area (Å²) in [5.41, 5.74) is 0. The van der Waals surface area contributed by atoms with Crippen LogP contribution in [0.15, 0.2) is 0 Å². The third kappa shape index (κ3) is 2.53. The highest BCUT2D eigenvalue weighted by atomic mass is 35.5. The first kappa shape index (κ1) is 11.5. The molecule has 2 N–H and O–H groups in total. The molecule has 0 unspecified atom stereocenters. The van der Waals surface area contributed by atoms with E-state index in [0.717, 1.165) is 19.5 Å². The lowest BCUT2D eigenvalue weighted by Crippen LogP contribution is -2.38. The first-order chi connectivity index (χ1) is 5.27. The number of amides is 2. The lowest BCUT2D eigenvalue weighted by Gasteiger charge is -2.14. The zero-order valence-electron chi connectivity index (χ0n) is 7.46. The molecule has 1 heterocycles. The Labute approximate surface area is 79.1 Å². The lowest BCUT2D eigenvalue weighted by atomic mass is 10.3. The third-order valence-corrected chi connectivity index (χ3v) is 2.10. The molecule has 0 spiro atoms. The third-order valence-electron chi connectivity index (χ3n) is 2.10. The number of nitrogens with one attached hydrogen (secondary N) is 2. The van der Waals surface area contributed by atoms with Crippen molar-refractivity contribution in [1.29, 1.82) is 0 Å². The number of hydrogen-bond donors (Lipinski definition) is 2. The molecule has 0 aromatic rings. The maximum absolute atomic E-state index is 11.1. The fourth-order valence-electron chi connectivity index (χ4n) is 1.34. The van der Waals surface area contributed by atoms with Crippen molar-refractivity contribution >= 4 is 18.4 Å². The smallest absolute Gasteiger partial charge is 0.317 e. The molecule has 4 nitrogen and oxygen atoms in total. The molecule has 1 aliphatic rings. The number of halogens is 1. The van der Waals surface area contributed by atoms with Crippen LogP contribution in [0.4, 0.5) is 4.79 Å². The van der Waals surface area contributed by atoms with Gasteiger partial charge >= 0.3 is 6.03 Å². The van der Waals surface area contributed by atoms with Gasteiger partial charge in [-0.05, 0) is 13.5 Å². The van der Waals surface area contributed by atoms with E-state index in [4.69, 9.17) is 0 Å². The maximum Gasteiger partial charge on any atom is 0.317 e. The van der Waals surface area contributed by atoms with Crippen LogP contribution in [0, 0.1) is 0 Å². The van der Waals surface area contributed by atoms with Crippen LogP contribution in [0.2, 0.25) is 0 Å². The molecular formula is C7H16ClN3O. The Morgan fingerprint density at radius 3 is 2.58 bits per heavy atom. The normalized spacial score (nSPS) is 21.8. The van der Waals surface area contributed by atoms with Crippen molar-refractivity contribution in [2.24, 2.45) is 0 Å². The Balaban J connectivity index is 0.00000121. The summed E-state index contributed by atoms with van der Waals surface area (Å²) in [7, 11) is 3.59. The van der Waals surface area contributed by atoms with Crippen molar-refractivity contribution in [2.75, 3.05) is 27.2 Å². The Morgan fingerprint density at radius 2 is 2.17 bits per heavy atom. The summed E-state index contributed by atoms with van der Waals surface area (Å²) in [4.78, 5) is 12.9. The van der Waals surface area contributed by atoms with Gasteiger partial charge in [0.2, 0.25) is 0 Å². The molecule has 1 aliphatic heterocycles. The minimum atomic E-state index is 0. The van der Waals surface area contributed by atoms with Gasteiger partial charge in [-0.25, -0.2) is 4.79 Å². The Kier molecular flexibility index (Phi) is 5.01. The van der Waals surface area contributed by atoms with Crippen LogP contribution < -0.4 is 10.6 Å². The summed E-state index contributed by atoms with van der Waals surface area (Å²) in [6, 6.07) is 0.509. The largest absolute Gasteiger partial charge is 0.341 e. The van der Waals surface area contributed by atoms with E-state index in [1.54, 1.807) is 7.05 Å². The van der Waals surface area contributed by atoms with E-state index in [0.29, 0.717) is 6.04 Å². The van der Waals surface area contributed by atoms with Gasteiger partial charge in [0.1, 0.15) is 0 Å². The molecule has 1 atom stereocenters. The first-order valence-corrected chi connectivity index (χ1v) is 3.92. The predicted molar refractivity (Wildman–Crippen MR) is 50.7 cm³/mol. The standard InChI is InChI=1S/C7H15N3O.ClH/c1-8-6-3-4-10(5-6)7(11)9-2;/h6,8H,3-5H2,1-2H3,(H,9,11);1H/t6-;/m1./s1. The highest BCUT2D eigenvalue weighted by Crippen LogP contribution is 2.07. The summed E-state index contributed by atoms with van der Waals surface area (Å²) < 4.78 is 0. The van der Waals surface area contributed by atoms with Crippen LogP contribution in [-0.2, 0) is 0 Å². The number of likely N-dealkylation sites (N-methyl/N-ethyl adjacent to an activating group) is 1. The topological polar surface area (TPSA) is 44.4 Å². The predicted octanol–water partition coefficient (Wildman–Crippen LogP) is 0.0413. The molecule has 1 fully saturated rings. The van der Waals surface area contributed by atoms with Crippen LogP contribution in [0.1, 0.15) is 6.42 Å². The monoisotopic (exact) mass is 193 g/mol. The number of urea groups is 1. The summed E-state index contributed by atoms with van der Waals surface area (Å²) >= 11 is 0. The zero-order chi connectivity index (χ0) is 8.27. The highest BCUT2D eigenvalue weighted by molar-refractivity contribution is 5.85. The summed E-state index contributed by atoms with van der Waals surface area (Å²) in [5.74, 6) is 0. The number of nitrogens with zero attached hydrogens (tertiary/aromatic N) is 1. The van der Waals surface area contributed by atoms with E-state index in [2.05, 4.69) is 10.6 Å². The van der Waals surface area contributed by atoms with Gasteiger partial charge in [0, 0.05) is 26.2 Å². The average Bonchev–Trinajstić information content (AvgIpc) is 2.50. The van der Waals surface area contributed by atoms with Crippen LogP contribution in [-0.4, -0.2) is 44.2 Å². The highest BCUT2D eigenvalue weighted by Gasteiger charge is 2.23. The summed E-state index contributed by atoms with van der Waals surface area (Å²) in [6.07, 6.45) is 1.06. The van der Waals surface area contributed by atoms with Gasteiger partial charge in [-0.15, -0.1) is 12.4 Å². The quantitative estimate of drug-likeness (QED) is 0.618. The summed E-state index contributed by atoms with van der Waals surface area (Å²) in [5, 5.41) is 5.76. The minimum Gasteiger partial charge on any atom is -0.341 e. The second-order valence-electron chi connectivity index (χ2n) is 2.78. The van der Waals surface area contributed by atoms with E-state index in [-0.39, 0.29) is 18.4 Å². The van der Waals surface area contributed by atoms with E-state index in [1.807, 2.05) is 11.9 Å². The Bertz CT molecular complexity index is 154. The number of carbonyl (C=O) groups excluding carboxylic acids is 1. The molecule has 2 amide bonds. The van der Waals surface area contributed by atoms with Crippen LogP contribution in [0.25, 0.3) is 0 Å². The van der Waals surface area contributed by atoms with Gasteiger partial charge in [0.15, 0.2) is 0 Å². The van der Waals surface area contributed by atoms with E-state index in [9.17, 15) is 4.79 Å². The number of likely N-dealkylation sites (tertiary alicyclic amines) is 1. The van der Waals surface area contributed by atoms with Gasteiger partial charge in [-0.1, -0.05) is 0 Å². The molecule has 12 heavy (non-hydrogen) atoms. The van der Waals surface area contributed by atoms with Crippen LogP contribution in [0.3, 0.4) is 0 Å². The molecule has 1 saturated heterocycles. The molecule has 0 aliphatic carbocycles. The number of hydrogen-bond acceptors (Lipinski definition) is 2. The first-order valence-electron chi connectivity index (χ1n) is 3.92. The second-order valence-corrected chi connectivity index (χ2v) is 2.78. The fourth-order valence-corrected chi connectivity index (χ4v) is 1.34. The SMILES string of the molecule is CNC(=O)N1CC[C@@H](NC)C1.Cl. The van der Waals surface area contributed by atoms with E-state index in [1.165, 1.54) is 0 Å². The van der Waals surface area contributed by atoms with Crippen LogP contribution in [0.5, 0.6) is 0 Å². The molecule has 0 radical (unpaired) electrons. The van der Waals surface area contributed by atoms with E-state index >= 15 is 0 Å². The lowest BCUT2D eigenvalue weighted by molar-refractivity contribution is 0.210. The molecule has 0 bridgehead atoms. The van der Waals surface area contributed by atoms with Crippen molar-refractivity contribution in [3.8, 4) is 0 Å². The fraction of sp³-hybridized carbons (Fsp3) is 0.857. The van der Waals surface area contributed by atoms with Crippen molar-refractivity contribution in [2.45, 2.75) is 12.5 Å². The molecule has 0 saturated carbocycles. The Hall–Kier alpha value is -0.480. The molecule has 1 rings (SSSR count). The van der Waals surface area contributed by atoms with Crippen molar-refractivity contribution in [3.05, 3.63) is 0 Å². The second kappa shape index (κ2) is 5.22. The summed E-state index contributed by atoms with van der Waals surface area (Å²) in [6.45, 7) is 1.70. The Morgan fingerprint density at radius 1 is 1.50 bits per heavy atom. The van der Waals surface area contributed by atoms with Crippen molar-refractivity contribution in [3.63, 3.8) is 0 Å². The van der Waals surface area contributed by atoms with Gasteiger partial charge in [-0.3, -0.25) is 0 Å². The van der Waals surface area contributed by atoms with Crippen molar-refractivity contribution < 1.29 is 4.79 Å². The van der Waals surface area contributed by atoms with Crippen LogP contribution >= 0.6 is 12.4 Å². The molecule has 5 heteroatoms. The molecule has 72 valence electrons. The average molecular weight is 194 g/mol. The molecule has 0 aromatic heterocycles. The molecular weight excluding hydrogens is 178 g/mol.